The topological polar surface area (TPSA) is 204 Å². The van der Waals surface area contributed by atoms with Crippen LogP contribution in [0, 0.1) is 0 Å². The van der Waals surface area contributed by atoms with Crippen molar-refractivity contribution in [1.82, 2.24) is 0 Å². The molecule has 3 aromatic carbocycles. The smallest absolute Gasteiger partial charge is 0.296 e. The zero-order valence-electron chi connectivity index (χ0n) is 16.3. The molecule has 0 bridgehead atoms. The normalized spacial score (nSPS) is 13.1. The Balaban J connectivity index is 2.22. The van der Waals surface area contributed by atoms with E-state index in [9.17, 15) is 40.9 Å². The highest BCUT2D eigenvalue weighted by Crippen LogP contribution is 2.41. The summed E-state index contributed by atoms with van der Waals surface area (Å²) in [6.45, 7) is 1.54. The minimum Gasteiger partial charge on any atom is -0.505 e. The Bertz CT molecular complexity index is 1450. The van der Waals surface area contributed by atoms with Crippen molar-refractivity contribution in [3.8, 4) is 5.75 Å². The SMILES string of the molecule is CC(O)c1ccc(C(=O)Nc2cc(S(=O)(=O)O)cc3cc(S(=O)(=O)O)c(N)c(O)c23)cc1. The fraction of sp³-hybridized carbons (Fsp3) is 0.105. The van der Waals surface area contributed by atoms with Gasteiger partial charge in [-0.25, -0.2) is 0 Å². The van der Waals surface area contributed by atoms with Crippen molar-refractivity contribution in [2.75, 3.05) is 11.1 Å². The Labute approximate surface area is 182 Å². The van der Waals surface area contributed by atoms with E-state index in [1.54, 1.807) is 0 Å². The van der Waals surface area contributed by atoms with Gasteiger partial charge in [-0.2, -0.15) is 16.8 Å². The number of aromatic hydroxyl groups is 1. The third-order valence-corrected chi connectivity index (χ3v) is 6.39. The van der Waals surface area contributed by atoms with Crippen molar-refractivity contribution in [3.63, 3.8) is 0 Å². The number of benzene rings is 3. The summed E-state index contributed by atoms with van der Waals surface area (Å²) in [5.74, 6) is -1.58. The van der Waals surface area contributed by atoms with Gasteiger partial charge in [0.15, 0.2) is 0 Å². The highest BCUT2D eigenvalue weighted by atomic mass is 32.2. The van der Waals surface area contributed by atoms with Crippen LogP contribution in [0.5, 0.6) is 5.75 Å². The number of hydrogen-bond acceptors (Lipinski definition) is 8. The third kappa shape index (κ3) is 4.51. The summed E-state index contributed by atoms with van der Waals surface area (Å²) < 4.78 is 65.3. The lowest BCUT2D eigenvalue weighted by molar-refractivity contribution is 0.102. The average Bonchev–Trinajstić information content (AvgIpc) is 2.68. The quantitative estimate of drug-likeness (QED) is 0.177. The summed E-state index contributed by atoms with van der Waals surface area (Å²) in [6.07, 6.45) is -0.764. The molecule has 1 unspecified atom stereocenters. The first-order chi connectivity index (χ1) is 14.7. The van der Waals surface area contributed by atoms with Crippen LogP contribution in [-0.2, 0) is 20.2 Å². The van der Waals surface area contributed by atoms with E-state index in [1.807, 2.05) is 0 Å². The zero-order valence-corrected chi connectivity index (χ0v) is 18.0. The van der Waals surface area contributed by atoms with Gasteiger partial charge in [0.05, 0.1) is 22.4 Å². The standard InChI is InChI=1S/C19H18N2O9S2/c1-9(22)10-2-4-11(5-3-10)19(24)21-14-8-13(31(25,26)27)6-12-7-15(32(28,29)30)17(20)18(23)16(12)14/h2-9,22-23H,20H2,1H3,(H,21,24)(H,25,26,27)(H,28,29,30). The molecule has 0 saturated heterocycles. The van der Waals surface area contributed by atoms with Crippen LogP contribution in [0.15, 0.2) is 52.3 Å². The molecular weight excluding hydrogens is 464 g/mol. The molecule has 1 amide bonds. The minimum atomic E-state index is -4.89. The number of phenols is 1. The van der Waals surface area contributed by atoms with Gasteiger partial charge in [0.2, 0.25) is 0 Å². The minimum absolute atomic E-state index is 0.113. The molecule has 0 aliphatic rings. The largest absolute Gasteiger partial charge is 0.505 e. The van der Waals surface area contributed by atoms with E-state index in [1.165, 1.54) is 31.2 Å². The van der Waals surface area contributed by atoms with Gasteiger partial charge in [-0.05, 0) is 48.2 Å². The number of rotatable bonds is 5. The first kappa shape index (κ1) is 23.4. The summed E-state index contributed by atoms with van der Waals surface area (Å²) in [7, 11) is -9.70. The van der Waals surface area contributed by atoms with Gasteiger partial charge in [0.25, 0.3) is 26.1 Å². The monoisotopic (exact) mass is 482 g/mol. The number of amides is 1. The van der Waals surface area contributed by atoms with Gasteiger partial charge >= 0.3 is 0 Å². The van der Waals surface area contributed by atoms with Crippen molar-refractivity contribution in [2.24, 2.45) is 0 Å². The maximum absolute atomic E-state index is 12.7. The van der Waals surface area contributed by atoms with E-state index in [-0.39, 0.29) is 22.0 Å². The van der Waals surface area contributed by atoms with E-state index in [0.29, 0.717) is 5.56 Å². The second-order valence-corrected chi connectivity index (χ2v) is 9.72. The van der Waals surface area contributed by atoms with E-state index in [4.69, 9.17) is 5.73 Å². The molecule has 3 rings (SSSR count). The number of nitrogen functional groups attached to an aromatic ring is 1. The Morgan fingerprint density at radius 2 is 1.59 bits per heavy atom. The molecule has 1 atom stereocenters. The molecular formula is C19H18N2O9S2. The molecule has 0 heterocycles. The van der Waals surface area contributed by atoms with Gasteiger partial charge in [-0.3, -0.25) is 13.9 Å². The summed E-state index contributed by atoms with van der Waals surface area (Å²) in [6, 6.07) is 8.28. The number of anilines is 2. The summed E-state index contributed by atoms with van der Waals surface area (Å²) in [4.78, 5) is 11.1. The number of phenolic OH excluding ortho intramolecular Hbond substituents is 1. The Morgan fingerprint density at radius 1 is 1.00 bits per heavy atom. The lowest BCUT2D eigenvalue weighted by atomic mass is 10.0. The van der Waals surface area contributed by atoms with Crippen molar-refractivity contribution < 1.29 is 40.9 Å². The summed E-state index contributed by atoms with van der Waals surface area (Å²) in [5, 5.41) is 21.9. The van der Waals surface area contributed by atoms with Gasteiger partial charge < -0.3 is 21.3 Å². The van der Waals surface area contributed by atoms with E-state index in [0.717, 1.165) is 18.2 Å². The number of carbonyl (C=O) groups excluding carboxylic acids is 1. The van der Waals surface area contributed by atoms with Crippen molar-refractivity contribution in [1.29, 1.82) is 0 Å². The molecule has 0 saturated carbocycles. The second kappa shape index (κ2) is 8.03. The lowest BCUT2D eigenvalue weighted by Gasteiger charge is -2.15. The number of nitrogens with two attached hydrogens (primary N) is 1. The summed E-state index contributed by atoms with van der Waals surface area (Å²) >= 11 is 0. The molecule has 170 valence electrons. The number of aliphatic hydroxyl groups excluding tert-OH is 1. The van der Waals surface area contributed by atoms with Gasteiger partial charge in [-0.15, -0.1) is 0 Å². The van der Waals surface area contributed by atoms with Crippen molar-refractivity contribution >= 4 is 48.3 Å². The van der Waals surface area contributed by atoms with Gasteiger partial charge in [0.1, 0.15) is 10.6 Å². The molecule has 7 N–H and O–H groups in total. The predicted molar refractivity (Wildman–Crippen MR) is 115 cm³/mol. The highest BCUT2D eigenvalue weighted by Gasteiger charge is 2.24. The van der Waals surface area contributed by atoms with Crippen LogP contribution in [0.3, 0.4) is 0 Å². The first-order valence-corrected chi connectivity index (χ1v) is 11.7. The highest BCUT2D eigenvalue weighted by molar-refractivity contribution is 7.86. The van der Waals surface area contributed by atoms with Gasteiger partial charge in [0, 0.05) is 10.9 Å². The van der Waals surface area contributed by atoms with Crippen molar-refractivity contribution in [2.45, 2.75) is 22.8 Å². The second-order valence-electron chi connectivity index (χ2n) is 6.91. The maximum atomic E-state index is 12.7. The molecule has 0 aromatic heterocycles. The van der Waals surface area contributed by atoms with Crippen LogP contribution >= 0.6 is 0 Å². The van der Waals surface area contributed by atoms with Crippen LogP contribution in [0.1, 0.15) is 28.9 Å². The van der Waals surface area contributed by atoms with Crippen LogP contribution in [-0.4, -0.2) is 42.1 Å². The van der Waals surface area contributed by atoms with E-state index in [2.05, 4.69) is 5.32 Å². The van der Waals surface area contributed by atoms with Crippen LogP contribution < -0.4 is 11.1 Å². The maximum Gasteiger partial charge on any atom is 0.296 e. The van der Waals surface area contributed by atoms with E-state index >= 15 is 0 Å². The molecule has 3 aromatic rings. The number of aliphatic hydroxyl groups is 1. The number of carbonyl (C=O) groups is 1. The van der Waals surface area contributed by atoms with Crippen molar-refractivity contribution in [3.05, 3.63) is 53.6 Å². The number of nitrogens with one attached hydrogen (secondary N) is 1. The summed E-state index contributed by atoms with van der Waals surface area (Å²) in [5.41, 5.74) is 5.25. The fourth-order valence-electron chi connectivity index (χ4n) is 3.05. The Morgan fingerprint density at radius 3 is 2.09 bits per heavy atom. The molecule has 32 heavy (non-hydrogen) atoms. The first-order valence-electron chi connectivity index (χ1n) is 8.83. The molecule has 0 fully saturated rings. The molecule has 13 heteroatoms. The molecule has 0 aliphatic heterocycles. The molecule has 0 aliphatic carbocycles. The molecule has 0 spiro atoms. The fourth-order valence-corrected chi connectivity index (χ4v) is 4.25. The third-order valence-electron chi connectivity index (χ3n) is 4.67. The zero-order chi connectivity index (χ0) is 24.0. The molecule has 11 nitrogen and oxygen atoms in total. The predicted octanol–water partition coefficient (Wildman–Crippen LogP) is 1.93. The van der Waals surface area contributed by atoms with Crippen LogP contribution in [0.4, 0.5) is 11.4 Å². The number of hydrogen-bond donors (Lipinski definition) is 6. The van der Waals surface area contributed by atoms with E-state index < -0.39 is 53.5 Å². The number of fused-ring (bicyclic) bond motifs is 1. The lowest BCUT2D eigenvalue weighted by Crippen LogP contribution is -2.13. The average molecular weight is 482 g/mol. The van der Waals surface area contributed by atoms with Crippen LogP contribution in [0.2, 0.25) is 0 Å². The van der Waals surface area contributed by atoms with Crippen LogP contribution in [0.25, 0.3) is 10.8 Å². The molecule has 0 radical (unpaired) electrons. The Kier molecular flexibility index (Phi) is 5.88. The van der Waals surface area contributed by atoms with Gasteiger partial charge in [-0.1, -0.05) is 12.1 Å². The Hall–Kier alpha value is -3.23.